The molecule has 1 N–H and O–H groups in total. The van der Waals surface area contributed by atoms with Crippen molar-refractivity contribution in [2.24, 2.45) is 11.8 Å². The molecule has 2 aliphatic heterocycles. The van der Waals surface area contributed by atoms with Gasteiger partial charge < -0.3 is 10.2 Å². The lowest BCUT2D eigenvalue weighted by atomic mass is 9.97. The van der Waals surface area contributed by atoms with Crippen LogP contribution in [-0.4, -0.2) is 60.6 Å². The van der Waals surface area contributed by atoms with Gasteiger partial charge in [0, 0.05) is 43.7 Å². The van der Waals surface area contributed by atoms with Crippen LogP contribution in [-0.2, 0) is 14.8 Å². The summed E-state index contributed by atoms with van der Waals surface area (Å²) in [6.45, 7) is 4.17. The van der Waals surface area contributed by atoms with Gasteiger partial charge in [-0.1, -0.05) is 6.92 Å². The monoisotopic (exact) mass is 476 g/mol. The van der Waals surface area contributed by atoms with E-state index in [1.165, 1.54) is 10.4 Å². The normalized spacial score (nSPS) is 19.1. The number of carbonyl (C=O) groups excluding carboxylic acids is 2. The molecule has 2 aromatic rings. The first-order chi connectivity index (χ1) is 15.3. The number of thiophene rings is 1. The molecule has 10 heteroatoms. The highest BCUT2D eigenvalue weighted by molar-refractivity contribution is 7.91. The van der Waals surface area contributed by atoms with Crippen molar-refractivity contribution in [3.8, 4) is 0 Å². The van der Waals surface area contributed by atoms with Crippen molar-refractivity contribution < 1.29 is 18.0 Å². The van der Waals surface area contributed by atoms with Crippen molar-refractivity contribution >= 4 is 38.9 Å². The van der Waals surface area contributed by atoms with Crippen molar-refractivity contribution in [1.29, 1.82) is 0 Å². The molecular weight excluding hydrogens is 448 g/mol. The third kappa shape index (κ3) is 5.02. The highest BCUT2D eigenvalue weighted by Gasteiger charge is 2.33. The van der Waals surface area contributed by atoms with E-state index in [9.17, 15) is 18.0 Å². The number of amides is 2. The summed E-state index contributed by atoms with van der Waals surface area (Å²) in [6.07, 6.45) is 6.07. The van der Waals surface area contributed by atoms with Crippen LogP contribution in [0.2, 0.25) is 0 Å². The fourth-order valence-corrected chi connectivity index (χ4v) is 6.90. The number of nitrogens with zero attached hydrogens (tertiary/aromatic N) is 3. The zero-order valence-corrected chi connectivity index (χ0v) is 19.7. The smallest absolute Gasteiger partial charge is 0.254 e. The van der Waals surface area contributed by atoms with E-state index in [4.69, 9.17) is 0 Å². The molecule has 0 unspecified atom stereocenters. The minimum atomic E-state index is -3.68. The molecular formula is C22H28N4O4S2. The number of anilines is 1. The van der Waals surface area contributed by atoms with Crippen LogP contribution in [0.15, 0.2) is 40.2 Å². The zero-order valence-electron chi connectivity index (χ0n) is 18.1. The minimum Gasteiger partial charge on any atom is -0.339 e. The fraction of sp³-hybridized carbons (Fsp3) is 0.500. The first-order valence-electron chi connectivity index (χ1n) is 10.9. The van der Waals surface area contributed by atoms with Gasteiger partial charge >= 0.3 is 0 Å². The Morgan fingerprint density at radius 1 is 1.12 bits per heavy atom. The van der Waals surface area contributed by atoms with Crippen LogP contribution >= 0.6 is 11.3 Å². The molecule has 2 aromatic heterocycles. The zero-order chi connectivity index (χ0) is 22.7. The van der Waals surface area contributed by atoms with Crippen molar-refractivity contribution in [2.45, 2.75) is 36.8 Å². The van der Waals surface area contributed by atoms with Gasteiger partial charge in [-0.2, -0.15) is 4.31 Å². The molecule has 2 aliphatic rings. The van der Waals surface area contributed by atoms with Crippen molar-refractivity contribution in [1.82, 2.24) is 14.2 Å². The van der Waals surface area contributed by atoms with E-state index < -0.39 is 10.0 Å². The number of sulfonamides is 1. The van der Waals surface area contributed by atoms with E-state index in [0.29, 0.717) is 43.1 Å². The third-order valence-corrected chi connectivity index (χ3v) is 9.55. The molecule has 4 heterocycles. The molecule has 0 atom stereocenters. The van der Waals surface area contributed by atoms with Crippen LogP contribution in [0.3, 0.4) is 0 Å². The number of pyridine rings is 1. The lowest BCUT2D eigenvalue weighted by molar-refractivity contribution is -0.120. The van der Waals surface area contributed by atoms with Crippen LogP contribution in [0.5, 0.6) is 0 Å². The summed E-state index contributed by atoms with van der Waals surface area (Å²) < 4.78 is 27.8. The molecule has 8 nitrogen and oxygen atoms in total. The Hall–Kier alpha value is -2.30. The maximum absolute atomic E-state index is 13.1. The van der Waals surface area contributed by atoms with Crippen LogP contribution in [0, 0.1) is 11.8 Å². The molecule has 2 fully saturated rings. The first kappa shape index (κ1) is 22.9. The second-order valence-corrected chi connectivity index (χ2v) is 11.6. The highest BCUT2D eigenvalue weighted by atomic mass is 32.2. The van der Waals surface area contributed by atoms with E-state index in [-0.39, 0.29) is 35.0 Å². The number of aromatic nitrogens is 1. The number of hydrogen-bond donors (Lipinski definition) is 1. The maximum Gasteiger partial charge on any atom is 0.254 e. The molecule has 0 spiro atoms. The van der Waals surface area contributed by atoms with Gasteiger partial charge in [-0.05, 0) is 49.8 Å². The van der Waals surface area contributed by atoms with Crippen molar-refractivity contribution in [3.63, 3.8) is 0 Å². The summed E-state index contributed by atoms with van der Waals surface area (Å²) in [5.41, 5.74) is 1.07. The van der Waals surface area contributed by atoms with Gasteiger partial charge in [-0.25, -0.2) is 8.42 Å². The van der Waals surface area contributed by atoms with Gasteiger partial charge in [-0.3, -0.25) is 14.6 Å². The lowest BCUT2D eigenvalue weighted by Gasteiger charge is -2.30. The van der Waals surface area contributed by atoms with Crippen LogP contribution in [0.1, 0.15) is 43.0 Å². The van der Waals surface area contributed by atoms with Gasteiger partial charge in [0.2, 0.25) is 5.91 Å². The Morgan fingerprint density at radius 3 is 2.50 bits per heavy atom. The van der Waals surface area contributed by atoms with E-state index in [2.05, 4.69) is 17.2 Å². The topological polar surface area (TPSA) is 99.7 Å². The molecule has 172 valence electrons. The Balaban J connectivity index is 1.35. The molecule has 4 rings (SSSR count). The van der Waals surface area contributed by atoms with Crippen molar-refractivity contribution in [2.75, 3.05) is 31.5 Å². The van der Waals surface area contributed by atoms with Crippen LogP contribution < -0.4 is 5.32 Å². The quantitative estimate of drug-likeness (QED) is 0.715. The second-order valence-electron chi connectivity index (χ2n) is 8.54. The average molecular weight is 477 g/mol. The SMILES string of the molecule is CC1CCN(C(=O)c2csc(S(=O)(=O)N3CCC(C(=O)Nc4cccnc4)CC3)c2)CC1. The summed E-state index contributed by atoms with van der Waals surface area (Å²) >= 11 is 1.09. The fourth-order valence-electron chi connectivity index (χ4n) is 4.12. The summed E-state index contributed by atoms with van der Waals surface area (Å²) in [5.74, 6) is 0.158. The standard InChI is InChI=1S/C22H28N4O4S2/c1-16-4-9-25(10-5-16)22(28)18-13-20(31-15-18)32(29,30)26-11-6-17(7-12-26)21(27)24-19-3-2-8-23-14-19/h2-3,8,13-17H,4-7,9-12H2,1H3,(H,24,27). The van der Waals surface area contributed by atoms with Gasteiger partial charge in [-0.15, -0.1) is 11.3 Å². The number of piperidine rings is 2. The van der Waals surface area contributed by atoms with E-state index in [0.717, 1.165) is 24.2 Å². The van der Waals surface area contributed by atoms with Gasteiger partial charge in [0.1, 0.15) is 4.21 Å². The van der Waals surface area contributed by atoms with E-state index in [1.54, 1.807) is 29.9 Å². The Morgan fingerprint density at radius 2 is 1.84 bits per heavy atom. The molecule has 0 bridgehead atoms. The number of hydrogen-bond acceptors (Lipinski definition) is 6. The predicted molar refractivity (Wildman–Crippen MR) is 123 cm³/mol. The van der Waals surface area contributed by atoms with Crippen LogP contribution in [0.25, 0.3) is 0 Å². The number of nitrogens with one attached hydrogen (secondary N) is 1. The third-order valence-electron chi connectivity index (χ3n) is 6.24. The lowest BCUT2D eigenvalue weighted by Crippen LogP contribution is -2.41. The second kappa shape index (κ2) is 9.68. The minimum absolute atomic E-state index is 0.0969. The maximum atomic E-state index is 13.1. The van der Waals surface area contributed by atoms with Gasteiger partial charge in [0.15, 0.2) is 0 Å². The highest BCUT2D eigenvalue weighted by Crippen LogP contribution is 2.29. The van der Waals surface area contributed by atoms with Gasteiger partial charge in [0.05, 0.1) is 17.4 Å². The molecule has 2 amide bonds. The summed E-state index contributed by atoms with van der Waals surface area (Å²) in [7, 11) is -3.68. The molecule has 0 saturated carbocycles. The van der Waals surface area contributed by atoms with Gasteiger partial charge in [0.25, 0.3) is 15.9 Å². The number of carbonyl (C=O) groups is 2. The van der Waals surface area contributed by atoms with Crippen molar-refractivity contribution in [3.05, 3.63) is 41.5 Å². The predicted octanol–water partition coefficient (Wildman–Crippen LogP) is 3.05. The Labute approximate surface area is 192 Å². The molecule has 0 aliphatic carbocycles. The molecule has 32 heavy (non-hydrogen) atoms. The Kier molecular flexibility index (Phi) is 6.92. The van der Waals surface area contributed by atoms with E-state index >= 15 is 0 Å². The number of rotatable bonds is 5. The molecule has 0 aromatic carbocycles. The Bertz CT molecular complexity index is 1050. The first-order valence-corrected chi connectivity index (χ1v) is 13.3. The average Bonchev–Trinajstić information content (AvgIpc) is 3.31. The summed E-state index contributed by atoms with van der Waals surface area (Å²) in [5, 5.41) is 4.48. The largest absolute Gasteiger partial charge is 0.339 e. The number of likely N-dealkylation sites (tertiary alicyclic amines) is 1. The summed E-state index contributed by atoms with van der Waals surface area (Å²) in [6, 6.07) is 5.02. The van der Waals surface area contributed by atoms with E-state index in [1.807, 2.05) is 4.90 Å². The summed E-state index contributed by atoms with van der Waals surface area (Å²) in [4.78, 5) is 31.1. The molecule has 2 saturated heterocycles. The molecule has 0 radical (unpaired) electrons. The van der Waals surface area contributed by atoms with Crippen LogP contribution in [0.4, 0.5) is 5.69 Å².